The summed E-state index contributed by atoms with van der Waals surface area (Å²) in [5, 5.41) is 17.5. The number of aromatic nitrogens is 2. The topological polar surface area (TPSA) is 140 Å². The predicted octanol–water partition coefficient (Wildman–Crippen LogP) is 3.37. The second-order valence-electron chi connectivity index (χ2n) is 10.7. The number of likely N-dealkylation sites (tertiary alicyclic amines) is 1. The van der Waals surface area contributed by atoms with Crippen molar-refractivity contribution in [1.82, 2.24) is 20.0 Å². The number of hydrogen-bond acceptors (Lipinski definition) is 6. The summed E-state index contributed by atoms with van der Waals surface area (Å²) < 4.78 is 35.1. The molecule has 3 amide bonds. The van der Waals surface area contributed by atoms with Gasteiger partial charge >= 0.3 is 5.92 Å². The van der Waals surface area contributed by atoms with E-state index in [-0.39, 0.29) is 13.0 Å². The molecule has 0 radical (unpaired) electrons. The highest BCUT2D eigenvalue weighted by molar-refractivity contribution is 5.98. The Morgan fingerprint density at radius 1 is 1.09 bits per heavy atom. The summed E-state index contributed by atoms with van der Waals surface area (Å²) in [5.74, 6) is -5.60. The van der Waals surface area contributed by atoms with Gasteiger partial charge in [-0.3, -0.25) is 14.4 Å². The van der Waals surface area contributed by atoms with Crippen LogP contribution in [-0.4, -0.2) is 68.2 Å². The van der Waals surface area contributed by atoms with E-state index in [1.54, 1.807) is 84.5 Å². The Balaban J connectivity index is 1.40. The van der Waals surface area contributed by atoms with E-state index in [4.69, 9.17) is 10.5 Å². The lowest BCUT2D eigenvalue weighted by molar-refractivity contribution is -0.144. The van der Waals surface area contributed by atoms with Crippen LogP contribution >= 0.6 is 0 Å². The zero-order valence-corrected chi connectivity index (χ0v) is 23.5. The van der Waals surface area contributed by atoms with Gasteiger partial charge < -0.3 is 25.8 Å². The minimum absolute atomic E-state index is 0.0112. The molecule has 0 unspecified atom stereocenters. The van der Waals surface area contributed by atoms with Gasteiger partial charge in [0.2, 0.25) is 5.91 Å². The summed E-state index contributed by atoms with van der Waals surface area (Å²) in [5.41, 5.74) is 7.73. The van der Waals surface area contributed by atoms with Crippen LogP contribution in [0.2, 0.25) is 0 Å². The first kappa shape index (κ1) is 29.6. The van der Waals surface area contributed by atoms with Gasteiger partial charge in [0.15, 0.2) is 0 Å². The number of alkyl halides is 2. The number of halogens is 2. The smallest absolute Gasteiger partial charge is 0.321 e. The van der Waals surface area contributed by atoms with Crippen molar-refractivity contribution in [3.8, 4) is 11.4 Å². The van der Waals surface area contributed by atoms with Gasteiger partial charge in [0.05, 0.1) is 29.5 Å². The van der Waals surface area contributed by atoms with Crippen LogP contribution in [0.5, 0.6) is 5.75 Å². The number of nitrogens with zero attached hydrogens (tertiary/aromatic N) is 3. The number of aliphatic hydroxyl groups is 1. The molecule has 5 rings (SSSR count). The molecule has 1 aliphatic rings. The number of carbonyl (C=O) groups is 3. The monoisotopic (exact) mass is 591 g/mol. The largest absolute Gasteiger partial charge is 0.484 e. The van der Waals surface area contributed by atoms with Crippen LogP contribution in [-0.2, 0) is 9.59 Å². The molecule has 12 heteroatoms. The van der Waals surface area contributed by atoms with Gasteiger partial charge in [-0.2, -0.15) is 13.9 Å². The Labute approximate surface area is 246 Å². The highest BCUT2D eigenvalue weighted by Gasteiger charge is 2.38. The van der Waals surface area contributed by atoms with E-state index >= 15 is 0 Å². The Kier molecular flexibility index (Phi) is 8.14. The van der Waals surface area contributed by atoms with Gasteiger partial charge in [0.25, 0.3) is 11.8 Å². The third kappa shape index (κ3) is 6.33. The van der Waals surface area contributed by atoms with Gasteiger partial charge in [-0.25, -0.2) is 4.68 Å². The summed E-state index contributed by atoms with van der Waals surface area (Å²) in [6, 6.07) is 19.3. The molecule has 0 spiro atoms. The Bertz CT molecular complexity index is 1660. The molecule has 10 nitrogen and oxygen atoms in total. The molecule has 0 bridgehead atoms. The third-order valence-corrected chi connectivity index (χ3v) is 7.35. The van der Waals surface area contributed by atoms with E-state index in [9.17, 15) is 28.3 Å². The number of rotatable bonds is 9. The quantitative estimate of drug-likeness (QED) is 0.273. The summed E-state index contributed by atoms with van der Waals surface area (Å²) >= 11 is 0. The molecule has 2 heterocycles. The van der Waals surface area contributed by atoms with Crippen LogP contribution in [0.4, 0.5) is 8.78 Å². The van der Waals surface area contributed by atoms with Crippen molar-refractivity contribution in [2.45, 2.75) is 50.5 Å². The maximum absolute atomic E-state index is 13.6. The van der Waals surface area contributed by atoms with E-state index in [1.165, 1.54) is 4.90 Å². The fraction of sp³-hybridized carbons (Fsp3) is 0.290. The average molecular weight is 592 g/mol. The number of fused-ring (bicyclic) bond motifs is 1. The molecule has 0 aliphatic carbocycles. The Morgan fingerprint density at radius 2 is 1.84 bits per heavy atom. The number of primary amides is 1. The minimum atomic E-state index is -3.54. The minimum Gasteiger partial charge on any atom is -0.484 e. The number of hydrogen-bond donors (Lipinski definition) is 3. The molecular weight excluding hydrogens is 560 g/mol. The molecule has 1 aromatic heterocycles. The normalized spacial score (nSPS) is 18.3. The first-order valence-corrected chi connectivity index (χ1v) is 13.7. The molecule has 4 atom stereocenters. The standard InChI is InChI=1S/C31H31F2N5O5/c1-18(36-30(42)31(2,32)33)27(19-7-4-3-5-8-19)43-24-11-12-25-21(14-24)16-35-38(25)22-10-6-9-20(13-22)29(41)37-17-23(39)15-26(37)28(34)40/h3-14,16,18,23,26-27,39H,15,17H2,1-2H3,(H2,34,40)(H,36,42)/t18-,23-,26+,27-/m0/s1. The van der Waals surface area contributed by atoms with Crippen molar-refractivity contribution >= 4 is 28.6 Å². The Morgan fingerprint density at radius 3 is 2.53 bits per heavy atom. The van der Waals surface area contributed by atoms with E-state index in [1.807, 2.05) is 6.07 Å². The van der Waals surface area contributed by atoms with Gasteiger partial charge in [0.1, 0.15) is 17.9 Å². The van der Waals surface area contributed by atoms with Gasteiger partial charge in [-0.1, -0.05) is 36.4 Å². The second-order valence-corrected chi connectivity index (χ2v) is 10.7. The third-order valence-electron chi connectivity index (χ3n) is 7.35. The lowest BCUT2D eigenvalue weighted by Gasteiger charge is -2.27. The average Bonchev–Trinajstić information content (AvgIpc) is 3.59. The molecule has 4 aromatic rings. The molecule has 0 saturated carbocycles. The van der Waals surface area contributed by atoms with Crippen molar-refractivity contribution in [3.05, 3.63) is 90.1 Å². The van der Waals surface area contributed by atoms with Crippen LogP contribution in [0.1, 0.15) is 42.3 Å². The van der Waals surface area contributed by atoms with E-state index in [0.717, 1.165) is 0 Å². The number of benzene rings is 3. The van der Waals surface area contributed by atoms with Crippen LogP contribution in [0.25, 0.3) is 16.6 Å². The van der Waals surface area contributed by atoms with Crippen LogP contribution in [0, 0.1) is 0 Å². The highest BCUT2D eigenvalue weighted by Crippen LogP contribution is 2.30. The SMILES string of the molecule is C[C@H](NC(=O)C(C)(F)F)[C@H](Oc1ccc2c(cnn2-c2cccc(C(=O)N3C[C@@H](O)C[C@@H]3C(N)=O)c2)c1)c1ccccc1. The van der Waals surface area contributed by atoms with Crippen molar-refractivity contribution in [3.63, 3.8) is 0 Å². The lowest BCUT2D eigenvalue weighted by Crippen LogP contribution is -2.46. The summed E-state index contributed by atoms with van der Waals surface area (Å²) in [4.78, 5) is 38.3. The number of β-amino-alcohol motifs (C(OH)–C–C–N with tert-alkyl or cyclic N) is 1. The summed E-state index contributed by atoms with van der Waals surface area (Å²) in [7, 11) is 0. The molecule has 4 N–H and O–H groups in total. The van der Waals surface area contributed by atoms with E-state index < -0.39 is 47.9 Å². The fourth-order valence-corrected chi connectivity index (χ4v) is 5.19. The fourth-order valence-electron chi connectivity index (χ4n) is 5.19. The number of aliphatic hydroxyl groups excluding tert-OH is 1. The van der Waals surface area contributed by atoms with Crippen LogP contribution < -0.4 is 15.8 Å². The zero-order chi connectivity index (χ0) is 30.9. The molecule has 43 heavy (non-hydrogen) atoms. The first-order valence-electron chi connectivity index (χ1n) is 13.7. The van der Waals surface area contributed by atoms with Gasteiger partial charge in [-0.05, 0) is 48.9 Å². The maximum Gasteiger partial charge on any atom is 0.321 e. The van der Waals surface area contributed by atoms with Crippen molar-refractivity contribution in [2.75, 3.05) is 6.54 Å². The Hall–Kier alpha value is -4.84. The van der Waals surface area contributed by atoms with Crippen LogP contribution in [0.3, 0.4) is 0 Å². The summed E-state index contributed by atoms with van der Waals surface area (Å²) in [6.45, 7) is 2.15. The number of carbonyl (C=O) groups excluding carboxylic acids is 3. The van der Waals surface area contributed by atoms with Crippen molar-refractivity contribution < 1.29 is 33.0 Å². The molecule has 224 valence electrons. The lowest BCUT2D eigenvalue weighted by atomic mass is 10.0. The number of ether oxygens (including phenoxy) is 1. The maximum atomic E-state index is 13.6. The number of nitrogens with one attached hydrogen (secondary N) is 1. The first-order chi connectivity index (χ1) is 20.4. The van der Waals surface area contributed by atoms with E-state index in [0.29, 0.717) is 40.4 Å². The highest BCUT2D eigenvalue weighted by atomic mass is 19.3. The summed E-state index contributed by atoms with van der Waals surface area (Å²) in [6.07, 6.45) is 0.119. The zero-order valence-electron chi connectivity index (χ0n) is 23.5. The molecule has 3 aromatic carbocycles. The predicted molar refractivity (Wildman–Crippen MR) is 154 cm³/mol. The molecule has 1 aliphatic heterocycles. The number of nitrogens with two attached hydrogens (primary N) is 1. The molecule has 1 fully saturated rings. The van der Waals surface area contributed by atoms with Gasteiger partial charge in [0, 0.05) is 30.8 Å². The van der Waals surface area contributed by atoms with E-state index in [2.05, 4.69) is 10.4 Å². The number of amides is 3. The van der Waals surface area contributed by atoms with Crippen molar-refractivity contribution in [2.24, 2.45) is 5.73 Å². The molecule has 1 saturated heterocycles. The van der Waals surface area contributed by atoms with Crippen LogP contribution in [0.15, 0.2) is 79.0 Å². The molecular formula is C31H31F2N5O5. The van der Waals surface area contributed by atoms with Gasteiger partial charge in [-0.15, -0.1) is 0 Å². The van der Waals surface area contributed by atoms with Crippen molar-refractivity contribution in [1.29, 1.82) is 0 Å². The second kappa shape index (κ2) is 11.8.